The van der Waals surface area contributed by atoms with Crippen molar-refractivity contribution in [3.05, 3.63) is 28.2 Å². The zero-order chi connectivity index (χ0) is 9.97. The molecule has 2 rings (SSSR count). The molecule has 1 aromatic carbocycles. The van der Waals surface area contributed by atoms with Gasteiger partial charge in [-0.2, -0.15) is 0 Å². The van der Waals surface area contributed by atoms with Crippen molar-refractivity contribution < 1.29 is 10.1 Å². The van der Waals surface area contributed by atoms with Gasteiger partial charge in [-0.3, -0.25) is 0 Å². The van der Waals surface area contributed by atoms with E-state index in [1.54, 1.807) is 7.11 Å². The van der Waals surface area contributed by atoms with E-state index in [0.29, 0.717) is 5.37 Å². The maximum atomic E-state index is 5.36. The van der Waals surface area contributed by atoms with Crippen LogP contribution in [0.1, 0.15) is 10.9 Å². The van der Waals surface area contributed by atoms with Crippen LogP contribution in [0, 0.1) is 0 Å². The summed E-state index contributed by atoms with van der Waals surface area (Å²) in [5.74, 6) is 2.21. The fourth-order valence-corrected chi connectivity index (χ4v) is 3.17. The topological polar surface area (TPSA) is 25.8 Å². The summed E-state index contributed by atoms with van der Waals surface area (Å²) in [7, 11) is 1.73. The number of hydrogen-bond donors (Lipinski definition) is 1. The Labute approximate surface area is 96.5 Å². The van der Waals surface area contributed by atoms with Crippen LogP contribution in [0.3, 0.4) is 0 Å². The Morgan fingerprint density at radius 1 is 1.57 bits per heavy atom. The zero-order valence-corrected chi connectivity index (χ0v) is 10.4. The molecule has 0 saturated carbocycles. The van der Waals surface area contributed by atoms with Gasteiger partial charge in [-0.1, -0.05) is 27.7 Å². The third kappa shape index (κ3) is 2.07. The highest BCUT2D eigenvalue weighted by atomic mass is 79.9. The minimum Gasteiger partial charge on any atom is -0.496 e. The maximum absolute atomic E-state index is 5.36. The molecule has 0 spiro atoms. The average Bonchev–Trinajstić information content (AvgIpc) is 2.70. The number of ether oxygens (including phenoxy) is 1. The van der Waals surface area contributed by atoms with Gasteiger partial charge >= 0.3 is 0 Å². The Balaban J connectivity index is 2.33. The predicted molar refractivity (Wildman–Crippen MR) is 62.7 cm³/mol. The Kier molecular flexibility index (Phi) is 3.36. The molecule has 4 heteroatoms. The second-order valence-corrected chi connectivity index (χ2v) is 5.37. The highest BCUT2D eigenvalue weighted by Crippen LogP contribution is 2.33. The van der Waals surface area contributed by atoms with E-state index in [2.05, 4.69) is 27.3 Å². The van der Waals surface area contributed by atoms with Gasteiger partial charge in [-0.15, -0.1) is 0 Å². The van der Waals surface area contributed by atoms with E-state index in [0.717, 1.165) is 10.2 Å². The van der Waals surface area contributed by atoms with Gasteiger partial charge in [0.25, 0.3) is 0 Å². The molecule has 0 bridgehead atoms. The van der Waals surface area contributed by atoms with Crippen molar-refractivity contribution in [3.8, 4) is 5.75 Å². The quantitative estimate of drug-likeness (QED) is 0.890. The number of hydrogen-bond acceptors (Lipinski definition) is 2. The molecule has 14 heavy (non-hydrogen) atoms. The normalized spacial score (nSPS) is 21.1. The van der Waals surface area contributed by atoms with Gasteiger partial charge in [0, 0.05) is 10.2 Å². The molecule has 1 atom stereocenters. The molecule has 2 nitrogen and oxygen atoms in total. The van der Waals surface area contributed by atoms with E-state index >= 15 is 0 Å². The lowest BCUT2D eigenvalue weighted by Gasteiger charge is -2.11. The monoisotopic (exact) mass is 274 g/mol. The summed E-state index contributed by atoms with van der Waals surface area (Å²) >= 11 is 5.47. The molecule has 1 aliphatic rings. The average molecular weight is 275 g/mol. The van der Waals surface area contributed by atoms with Crippen LogP contribution in [0.2, 0.25) is 0 Å². The summed E-state index contributed by atoms with van der Waals surface area (Å²) in [6.45, 7) is 1.20. The van der Waals surface area contributed by atoms with Crippen molar-refractivity contribution in [1.82, 2.24) is 0 Å². The highest BCUT2D eigenvalue weighted by Gasteiger charge is 2.24. The molecule has 0 amide bonds. The highest BCUT2D eigenvalue weighted by molar-refractivity contribution is 9.10. The fourth-order valence-electron chi connectivity index (χ4n) is 1.63. The minimum absolute atomic E-state index is 0.502. The van der Waals surface area contributed by atoms with E-state index < -0.39 is 0 Å². The van der Waals surface area contributed by atoms with Gasteiger partial charge in [0.05, 0.1) is 19.2 Å². The van der Waals surface area contributed by atoms with Crippen LogP contribution in [0.25, 0.3) is 0 Å². The molecule has 1 aromatic rings. The second kappa shape index (κ2) is 4.55. The molecular weight excluding hydrogens is 262 g/mol. The molecule has 1 heterocycles. The lowest BCUT2D eigenvalue weighted by atomic mass is 10.2. The summed E-state index contributed by atoms with van der Waals surface area (Å²) in [4.78, 5) is 0. The molecule has 76 valence electrons. The van der Waals surface area contributed by atoms with Gasteiger partial charge in [-0.25, -0.2) is 0 Å². The summed E-state index contributed by atoms with van der Waals surface area (Å²) < 4.78 is 6.48. The second-order valence-electron chi connectivity index (χ2n) is 3.20. The van der Waals surface area contributed by atoms with Crippen LogP contribution < -0.4 is 10.1 Å². The van der Waals surface area contributed by atoms with E-state index in [1.165, 1.54) is 17.9 Å². The minimum atomic E-state index is 0.502. The Hall–Kier alpha value is -0.190. The summed E-state index contributed by atoms with van der Waals surface area (Å²) in [5.41, 5.74) is 1.28. The number of methoxy groups -OCH3 is 1. The van der Waals surface area contributed by atoms with Crippen molar-refractivity contribution in [2.45, 2.75) is 5.37 Å². The summed E-state index contributed by atoms with van der Waals surface area (Å²) in [6, 6.07) is 6.19. The van der Waals surface area contributed by atoms with Crippen LogP contribution in [-0.4, -0.2) is 19.4 Å². The van der Waals surface area contributed by atoms with Gasteiger partial charge in [-0.05, 0) is 18.2 Å². The number of nitrogens with two attached hydrogens (primary N) is 1. The molecule has 2 N–H and O–H groups in total. The smallest absolute Gasteiger partial charge is 0.162 e. The first-order valence-corrected chi connectivity index (χ1v) is 6.44. The molecule has 0 aliphatic carbocycles. The maximum Gasteiger partial charge on any atom is 0.162 e. The van der Waals surface area contributed by atoms with Crippen molar-refractivity contribution in [2.75, 3.05) is 19.4 Å². The predicted octanol–water partition coefficient (Wildman–Crippen LogP) is 1.77. The van der Waals surface area contributed by atoms with Gasteiger partial charge in [0.15, 0.2) is 5.37 Å². The van der Waals surface area contributed by atoms with E-state index in [1.807, 2.05) is 23.9 Å². The van der Waals surface area contributed by atoms with Crippen LogP contribution in [0.5, 0.6) is 5.75 Å². The van der Waals surface area contributed by atoms with Crippen molar-refractivity contribution in [3.63, 3.8) is 0 Å². The Morgan fingerprint density at radius 3 is 3.07 bits per heavy atom. The van der Waals surface area contributed by atoms with Crippen LogP contribution in [0.4, 0.5) is 0 Å². The van der Waals surface area contributed by atoms with Crippen LogP contribution in [0.15, 0.2) is 22.7 Å². The molecular formula is C10H13BrNOS+. The first-order chi connectivity index (χ1) is 6.81. The lowest BCUT2D eigenvalue weighted by molar-refractivity contribution is -0.663. The van der Waals surface area contributed by atoms with E-state index in [-0.39, 0.29) is 0 Å². The van der Waals surface area contributed by atoms with Gasteiger partial charge in [0.2, 0.25) is 0 Å². The van der Waals surface area contributed by atoms with Crippen molar-refractivity contribution in [2.24, 2.45) is 0 Å². The third-order valence-electron chi connectivity index (χ3n) is 2.29. The van der Waals surface area contributed by atoms with Gasteiger partial charge in [0.1, 0.15) is 5.75 Å². The molecule has 0 aromatic heterocycles. The molecule has 1 fully saturated rings. The van der Waals surface area contributed by atoms with Crippen LogP contribution in [-0.2, 0) is 0 Å². The first kappa shape index (κ1) is 10.3. The Morgan fingerprint density at radius 2 is 2.43 bits per heavy atom. The number of quaternary nitrogens is 1. The van der Waals surface area contributed by atoms with E-state index in [9.17, 15) is 0 Å². The first-order valence-electron chi connectivity index (χ1n) is 4.59. The summed E-state index contributed by atoms with van der Waals surface area (Å²) in [5, 5.41) is 2.86. The number of rotatable bonds is 2. The summed E-state index contributed by atoms with van der Waals surface area (Å²) in [6.07, 6.45) is 0. The van der Waals surface area contributed by atoms with Crippen molar-refractivity contribution >= 4 is 27.7 Å². The van der Waals surface area contributed by atoms with Crippen LogP contribution >= 0.6 is 27.7 Å². The Bertz CT molecular complexity index is 326. The van der Waals surface area contributed by atoms with E-state index in [4.69, 9.17) is 4.74 Å². The third-order valence-corrected chi connectivity index (χ3v) is 4.06. The largest absolute Gasteiger partial charge is 0.496 e. The van der Waals surface area contributed by atoms with Crippen molar-refractivity contribution in [1.29, 1.82) is 0 Å². The fraction of sp³-hybridized carbons (Fsp3) is 0.400. The number of benzene rings is 1. The molecule has 1 saturated heterocycles. The molecule has 1 aliphatic heterocycles. The number of halogens is 1. The molecule has 0 unspecified atom stereocenters. The lowest BCUT2D eigenvalue weighted by Crippen LogP contribution is -2.81. The van der Waals surface area contributed by atoms with Gasteiger partial charge < -0.3 is 10.1 Å². The number of thioether (sulfide) groups is 1. The zero-order valence-electron chi connectivity index (χ0n) is 8.00. The SMILES string of the molecule is COc1ccc(Br)cc1[C@@H]1[NH2+]CCS1. The standard InChI is InChI=1S/C10H12BrNOS/c1-13-9-3-2-7(11)6-8(9)10-12-4-5-14-10/h2-3,6,10,12H,4-5H2,1H3/p+1/t10-/m1/s1. The molecule has 0 radical (unpaired) electrons.